The van der Waals surface area contributed by atoms with Gasteiger partial charge in [0, 0.05) is 16.7 Å². The fourth-order valence-electron chi connectivity index (χ4n) is 6.25. The van der Waals surface area contributed by atoms with Crippen LogP contribution >= 0.6 is 0 Å². The third kappa shape index (κ3) is 4.87. The maximum absolute atomic E-state index is 9.65. The summed E-state index contributed by atoms with van der Waals surface area (Å²) in [5.74, 6) is 1.89. The predicted octanol–water partition coefficient (Wildman–Crippen LogP) is 10.4. The van der Waals surface area contributed by atoms with Gasteiger partial charge in [0.1, 0.15) is 0 Å². The van der Waals surface area contributed by atoms with Gasteiger partial charge in [-0.2, -0.15) is 5.26 Å². The molecule has 4 nitrogen and oxygen atoms in total. The monoisotopic (exact) mass is 586 g/mol. The van der Waals surface area contributed by atoms with Crippen molar-refractivity contribution < 1.29 is 0 Å². The molecule has 0 saturated carbocycles. The minimum atomic E-state index is 0.619. The summed E-state index contributed by atoms with van der Waals surface area (Å²) in [7, 11) is 0. The van der Waals surface area contributed by atoms with Crippen molar-refractivity contribution in [2.45, 2.75) is 0 Å². The van der Waals surface area contributed by atoms with Gasteiger partial charge < -0.3 is 0 Å². The molecule has 0 aliphatic rings. The number of nitrogens with zero attached hydrogens (tertiary/aromatic N) is 4. The Morgan fingerprint density at radius 2 is 0.717 bits per heavy atom. The number of hydrogen-bond acceptors (Lipinski definition) is 4. The molecule has 4 heteroatoms. The zero-order valence-electron chi connectivity index (χ0n) is 24.8. The molecule has 0 radical (unpaired) electrons. The lowest BCUT2D eigenvalue weighted by Gasteiger charge is -2.18. The van der Waals surface area contributed by atoms with Gasteiger partial charge in [-0.15, -0.1) is 0 Å². The Bertz CT molecular complexity index is 2310. The normalized spacial score (nSPS) is 11.0. The second-order valence-corrected chi connectivity index (χ2v) is 11.2. The van der Waals surface area contributed by atoms with E-state index < -0.39 is 0 Å². The molecule has 46 heavy (non-hydrogen) atoms. The van der Waals surface area contributed by atoms with Crippen molar-refractivity contribution in [1.29, 1.82) is 5.26 Å². The van der Waals surface area contributed by atoms with Crippen molar-refractivity contribution in [2.24, 2.45) is 0 Å². The zero-order chi connectivity index (χ0) is 30.9. The first-order valence-electron chi connectivity index (χ1n) is 15.2. The van der Waals surface area contributed by atoms with Crippen LogP contribution in [0.4, 0.5) is 0 Å². The van der Waals surface area contributed by atoms with E-state index in [2.05, 4.69) is 84.9 Å². The van der Waals surface area contributed by atoms with Crippen LogP contribution < -0.4 is 0 Å². The number of fused-ring (bicyclic) bond motifs is 2. The van der Waals surface area contributed by atoms with Crippen LogP contribution in [0.2, 0.25) is 0 Å². The molecular formula is C42H26N4. The number of benzene rings is 7. The Balaban J connectivity index is 1.36. The van der Waals surface area contributed by atoms with E-state index in [4.69, 9.17) is 15.0 Å². The first-order valence-corrected chi connectivity index (χ1v) is 15.2. The Hall–Kier alpha value is -6.44. The summed E-state index contributed by atoms with van der Waals surface area (Å²) in [6.45, 7) is 0. The van der Waals surface area contributed by atoms with Crippen LogP contribution in [0.5, 0.6) is 0 Å². The van der Waals surface area contributed by atoms with Gasteiger partial charge in [0.25, 0.3) is 0 Å². The van der Waals surface area contributed by atoms with E-state index in [-0.39, 0.29) is 0 Å². The molecule has 0 fully saturated rings. The standard InChI is InChI=1S/C42H26N4/c43-27-28-13-11-18-31(25-28)38-34-21-7-9-23-36(34)39(37-24-10-8-22-35(37)38)32-19-12-20-33(26-32)42-45-40(29-14-3-1-4-15-29)44-41(46-42)30-16-5-2-6-17-30/h1-26H. The summed E-state index contributed by atoms with van der Waals surface area (Å²) >= 11 is 0. The van der Waals surface area contributed by atoms with E-state index in [1.54, 1.807) is 0 Å². The summed E-state index contributed by atoms with van der Waals surface area (Å²) in [6, 6.07) is 55.8. The first-order chi connectivity index (χ1) is 22.8. The number of hydrogen-bond donors (Lipinski definition) is 0. The van der Waals surface area contributed by atoms with E-state index in [1.165, 1.54) is 0 Å². The second-order valence-electron chi connectivity index (χ2n) is 11.2. The van der Waals surface area contributed by atoms with Crippen molar-refractivity contribution in [3.05, 3.63) is 163 Å². The Morgan fingerprint density at radius 3 is 1.20 bits per heavy atom. The fraction of sp³-hybridized carbons (Fsp3) is 0. The molecule has 1 aromatic heterocycles. The molecule has 0 bridgehead atoms. The number of rotatable bonds is 5. The van der Waals surface area contributed by atoms with Crippen LogP contribution in [0.1, 0.15) is 5.56 Å². The smallest absolute Gasteiger partial charge is 0.164 e. The van der Waals surface area contributed by atoms with Gasteiger partial charge in [-0.25, -0.2) is 15.0 Å². The lowest BCUT2D eigenvalue weighted by atomic mass is 9.85. The highest BCUT2D eigenvalue weighted by Crippen LogP contribution is 2.44. The molecule has 0 atom stereocenters. The predicted molar refractivity (Wildman–Crippen MR) is 187 cm³/mol. The van der Waals surface area contributed by atoms with E-state index in [0.29, 0.717) is 23.0 Å². The fourth-order valence-corrected chi connectivity index (χ4v) is 6.25. The molecule has 0 aliphatic carbocycles. The third-order valence-corrected chi connectivity index (χ3v) is 8.32. The molecular weight excluding hydrogens is 560 g/mol. The average molecular weight is 587 g/mol. The van der Waals surface area contributed by atoms with Gasteiger partial charge in [-0.05, 0) is 62.0 Å². The highest BCUT2D eigenvalue weighted by Gasteiger charge is 2.18. The summed E-state index contributed by atoms with van der Waals surface area (Å²) in [5, 5.41) is 14.2. The van der Waals surface area contributed by atoms with Crippen LogP contribution in [-0.2, 0) is 0 Å². The van der Waals surface area contributed by atoms with Crippen molar-refractivity contribution in [3.8, 4) is 62.5 Å². The minimum Gasteiger partial charge on any atom is -0.208 e. The Morgan fingerprint density at radius 1 is 0.348 bits per heavy atom. The van der Waals surface area contributed by atoms with Gasteiger partial charge in [0.05, 0.1) is 11.6 Å². The summed E-state index contributed by atoms with van der Waals surface area (Å²) in [4.78, 5) is 14.8. The quantitative estimate of drug-likeness (QED) is 0.188. The molecule has 0 spiro atoms. The Labute approximate surface area is 266 Å². The molecule has 0 saturated heterocycles. The Kier molecular flexibility index (Phi) is 6.83. The minimum absolute atomic E-state index is 0.619. The van der Waals surface area contributed by atoms with Crippen molar-refractivity contribution in [1.82, 2.24) is 15.0 Å². The molecule has 1 heterocycles. The van der Waals surface area contributed by atoms with Gasteiger partial charge in [-0.1, -0.05) is 140 Å². The van der Waals surface area contributed by atoms with E-state index in [9.17, 15) is 5.26 Å². The van der Waals surface area contributed by atoms with E-state index >= 15 is 0 Å². The van der Waals surface area contributed by atoms with Gasteiger partial charge >= 0.3 is 0 Å². The topological polar surface area (TPSA) is 62.5 Å². The van der Waals surface area contributed by atoms with Crippen LogP contribution in [0.25, 0.3) is 78.0 Å². The molecule has 8 aromatic rings. The number of nitriles is 1. The van der Waals surface area contributed by atoms with Crippen LogP contribution in [0.3, 0.4) is 0 Å². The lowest BCUT2D eigenvalue weighted by molar-refractivity contribution is 1.07. The van der Waals surface area contributed by atoms with Crippen molar-refractivity contribution in [2.75, 3.05) is 0 Å². The van der Waals surface area contributed by atoms with E-state index in [0.717, 1.165) is 60.5 Å². The first kappa shape index (κ1) is 27.1. The highest BCUT2D eigenvalue weighted by atomic mass is 15.0. The molecule has 0 amide bonds. The SMILES string of the molecule is N#Cc1cccc(-c2c3ccccc3c(-c3cccc(-c4nc(-c5ccccc5)nc(-c5ccccc5)n4)c3)c3ccccc23)c1. The molecule has 0 N–H and O–H groups in total. The molecule has 0 aliphatic heterocycles. The largest absolute Gasteiger partial charge is 0.208 e. The van der Waals surface area contributed by atoms with Crippen LogP contribution in [0.15, 0.2) is 158 Å². The van der Waals surface area contributed by atoms with Gasteiger partial charge in [0.15, 0.2) is 17.5 Å². The summed E-state index contributed by atoms with van der Waals surface area (Å²) < 4.78 is 0. The maximum atomic E-state index is 9.65. The lowest BCUT2D eigenvalue weighted by Crippen LogP contribution is -2.00. The van der Waals surface area contributed by atoms with Gasteiger partial charge in [-0.3, -0.25) is 0 Å². The average Bonchev–Trinajstić information content (AvgIpc) is 3.14. The number of aromatic nitrogens is 3. The van der Waals surface area contributed by atoms with Crippen molar-refractivity contribution in [3.63, 3.8) is 0 Å². The third-order valence-electron chi connectivity index (χ3n) is 8.32. The highest BCUT2D eigenvalue weighted by molar-refractivity contribution is 6.21. The summed E-state index contributed by atoms with van der Waals surface area (Å²) in [5.41, 5.74) is 7.80. The molecule has 7 aromatic carbocycles. The summed E-state index contributed by atoms with van der Waals surface area (Å²) in [6.07, 6.45) is 0. The molecule has 0 unspecified atom stereocenters. The maximum Gasteiger partial charge on any atom is 0.164 e. The van der Waals surface area contributed by atoms with Crippen LogP contribution in [-0.4, -0.2) is 15.0 Å². The van der Waals surface area contributed by atoms with Crippen molar-refractivity contribution >= 4 is 21.5 Å². The second kappa shape index (κ2) is 11.6. The molecule has 8 rings (SSSR count). The zero-order valence-corrected chi connectivity index (χ0v) is 24.8. The molecule has 214 valence electrons. The van der Waals surface area contributed by atoms with Gasteiger partial charge in [0.2, 0.25) is 0 Å². The van der Waals surface area contributed by atoms with E-state index in [1.807, 2.05) is 78.9 Å². The van der Waals surface area contributed by atoms with Crippen LogP contribution in [0, 0.1) is 11.3 Å².